The van der Waals surface area contributed by atoms with Gasteiger partial charge in [0.25, 0.3) is 5.91 Å². The fraction of sp³-hybridized carbons (Fsp3) is 0.286. The third kappa shape index (κ3) is 3.74. The van der Waals surface area contributed by atoms with Gasteiger partial charge in [-0.2, -0.15) is 4.98 Å². The molecule has 1 saturated carbocycles. The van der Waals surface area contributed by atoms with Gasteiger partial charge in [0.05, 0.1) is 0 Å². The first-order valence-electron chi connectivity index (χ1n) is 9.03. The summed E-state index contributed by atoms with van der Waals surface area (Å²) in [6.07, 6.45) is 2.22. The first-order chi connectivity index (χ1) is 13.0. The summed E-state index contributed by atoms with van der Waals surface area (Å²) >= 11 is 6.20. The molecule has 1 aliphatic rings. The molecule has 1 aliphatic carbocycles. The normalized spacial score (nSPS) is 14.8. The van der Waals surface area contributed by atoms with Gasteiger partial charge in [0.2, 0.25) is 5.89 Å². The third-order valence-corrected chi connectivity index (χ3v) is 5.25. The van der Waals surface area contributed by atoms with Crippen LogP contribution in [0.1, 0.15) is 59.4 Å². The van der Waals surface area contributed by atoms with Gasteiger partial charge in [-0.3, -0.25) is 4.79 Å². The third-order valence-electron chi connectivity index (χ3n) is 4.84. The summed E-state index contributed by atoms with van der Waals surface area (Å²) in [6, 6.07) is 12.9. The van der Waals surface area contributed by atoms with Gasteiger partial charge in [-0.05, 0) is 61.6 Å². The number of benzene rings is 2. The lowest BCUT2D eigenvalue weighted by molar-refractivity contribution is 0.0932. The highest BCUT2D eigenvalue weighted by Crippen LogP contribution is 2.38. The Hall–Kier alpha value is -2.66. The van der Waals surface area contributed by atoms with Gasteiger partial charge in [-0.25, -0.2) is 0 Å². The van der Waals surface area contributed by atoms with Crippen molar-refractivity contribution in [2.45, 2.75) is 38.6 Å². The van der Waals surface area contributed by atoms with Crippen molar-refractivity contribution in [1.82, 2.24) is 15.5 Å². The molecule has 2 aromatic carbocycles. The Kier molecular flexibility index (Phi) is 4.70. The van der Waals surface area contributed by atoms with Crippen molar-refractivity contribution in [2.24, 2.45) is 0 Å². The van der Waals surface area contributed by atoms with Crippen LogP contribution in [0.15, 0.2) is 47.0 Å². The number of halogens is 1. The molecule has 0 bridgehead atoms. The Morgan fingerprint density at radius 1 is 1.22 bits per heavy atom. The molecule has 1 atom stereocenters. The molecular formula is C21H20ClN3O2. The van der Waals surface area contributed by atoms with Crippen LogP contribution in [0.5, 0.6) is 0 Å². The number of nitrogens with zero attached hydrogens (tertiary/aromatic N) is 2. The number of carbonyl (C=O) groups is 1. The van der Waals surface area contributed by atoms with Crippen LogP contribution in [-0.2, 0) is 0 Å². The summed E-state index contributed by atoms with van der Waals surface area (Å²) < 4.78 is 5.28. The first kappa shape index (κ1) is 17.7. The van der Waals surface area contributed by atoms with Crippen molar-refractivity contribution in [2.75, 3.05) is 0 Å². The molecule has 1 N–H and O–H groups in total. The minimum Gasteiger partial charge on any atom is -0.341 e. The monoisotopic (exact) mass is 381 g/mol. The van der Waals surface area contributed by atoms with Crippen LogP contribution < -0.4 is 5.32 Å². The van der Waals surface area contributed by atoms with E-state index in [0.717, 1.165) is 40.4 Å². The molecule has 4 rings (SSSR count). The molecule has 27 heavy (non-hydrogen) atoms. The van der Waals surface area contributed by atoms with Crippen LogP contribution in [-0.4, -0.2) is 16.0 Å². The lowest BCUT2D eigenvalue weighted by atomic mass is 9.99. The zero-order valence-corrected chi connectivity index (χ0v) is 16.0. The Labute approximate surface area is 162 Å². The quantitative estimate of drug-likeness (QED) is 0.670. The number of hydrogen-bond acceptors (Lipinski definition) is 4. The number of rotatable bonds is 5. The van der Waals surface area contributed by atoms with Gasteiger partial charge in [-0.1, -0.05) is 41.0 Å². The smallest absolute Gasteiger partial charge is 0.251 e. The molecule has 1 amide bonds. The number of aromatic nitrogens is 2. The fourth-order valence-corrected chi connectivity index (χ4v) is 3.17. The molecule has 6 heteroatoms. The number of nitrogens with one attached hydrogen (secondary N) is 1. The number of carbonyl (C=O) groups excluding carboxylic acids is 1. The van der Waals surface area contributed by atoms with E-state index in [1.807, 2.05) is 44.2 Å². The van der Waals surface area contributed by atoms with Gasteiger partial charge in [0.15, 0.2) is 5.82 Å². The van der Waals surface area contributed by atoms with Gasteiger partial charge >= 0.3 is 0 Å². The maximum absolute atomic E-state index is 12.5. The van der Waals surface area contributed by atoms with Gasteiger partial charge < -0.3 is 9.84 Å². The van der Waals surface area contributed by atoms with Crippen molar-refractivity contribution < 1.29 is 9.32 Å². The summed E-state index contributed by atoms with van der Waals surface area (Å²) in [5, 5.41) is 7.63. The highest BCUT2D eigenvalue weighted by Gasteiger charge is 2.29. The zero-order chi connectivity index (χ0) is 19.0. The SMILES string of the molecule is Cc1c(Cl)cccc1-c1ccc(C(=O)N[C@H](C)c2nc(C3CC3)no2)cc1. The minimum absolute atomic E-state index is 0.178. The van der Waals surface area contributed by atoms with Crippen molar-refractivity contribution in [3.05, 3.63) is 70.3 Å². The molecule has 0 unspecified atom stereocenters. The van der Waals surface area contributed by atoms with Crippen molar-refractivity contribution >= 4 is 17.5 Å². The average Bonchev–Trinajstić information content (AvgIpc) is 3.40. The lowest BCUT2D eigenvalue weighted by Crippen LogP contribution is -2.26. The summed E-state index contributed by atoms with van der Waals surface area (Å²) in [5.41, 5.74) is 3.67. The van der Waals surface area contributed by atoms with E-state index in [9.17, 15) is 4.79 Å². The predicted molar refractivity (Wildman–Crippen MR) is 104 cm³/mol. The minimum atomic E-state index is -0.340. The van der Waals surface area contributed by atoms with Gasteiger partial charge in [-0.15, -0.1) is 0 Å². The highest BCUT2D eigenvalue weighted by atomic mass is 35.5. The molecule has 1 fully saturated rings. The molecule has 3 aromatic rings. The molecule has 0 saturated heterocycles. The molecule has 0 aliphatic heterocycles. The molecule has 1 aromatic heterocycles. The van der Waals surface area contributed by atoms with E-state index in [0.29, 0.717) is 17.4 Å². The molecule has 0 spiro atoms. The average molecular weight is 382 g/mol. The second-order valence-corrected chi connectivity index (χ2v) is 7.36. The van der Waals surface area contributed by atoms with Crippen LogP contribution in [0, 0.1) is 6.92 Å². The molecular weight excluding hydrogens is 362 g/mol. The largest absolute Gasteiger partial charge is 0.341 e. The Balaban J connectivity index is 1.46. The maximum atomic E-state index is 12.5. The van der Waals surface area contributed by atoms with Crippen LogP contribution in [0.2, 0.25) is 5.02 Å². The number of amides is 1. The second-order valence-electron chi connectivity index (χ2n) is 6.95. The standard InChI is InChI=1S/C21H20ClN3O2/c1-12-17(4-3-5-18(12)22)14-6-10-16(11-7-14)20(26)23-13(2)21-24-19(25-27-21)15-8-9-15/h3-7,10-11,13,15H,8-9H2,1-2H3,(H,23,26)/t13-/m1/s1. The van der Waals surface area contributed by atoms with Crippen molar-refractivity contribution in [1.29, 1.82) is 0 Å². The van der Waals surface area contributed by atoms with E-state index >= 15 is 0 Å². The van der Waals surface area contributed by atoms with Gasteiger partial charge in [0, 0.05) is 16.5 Å². The summed E-state index contributed by atoms with van der Waals surface area (Å²) in [4.78, 5) is 16.9. The summed E-state index contributed by atoms with van der Waals surface area (Å²) in [7, 11) is 0. The van der Waals surface area contributed by atoms with E-state index in [4.69, 9.17) is 16.1 Å². The van der Waals surface area contributed by atoms with Crippen LogP contribution in [0.3, 0.4) is 0 Å². The fourth-order valence-electron chi connectivity index (χ4n) is 2.99. The topological polar surface area (TPSA) is 68.0 Å². The Morgan fingerprint density at radius 3 is 2.67 bits per heavy atom. The van der Waals surface area contributed by atoms with E-state index < -0.39 is 0 Å². The van der Waals surface area contributed by atoms with E-state index in [1.54, 1.807) is 12.1 Å². The van der Waals surface area contributed by atoms with Crippen LogP contribution in [0.4, 0.5) is 0 Å². The second kappa shape index (κ2) is 7.16. The van der Waals surface area contributed by atoms with Crippen LogP contribution in [0.25, 0.3) is 11.1 Å². The summed E-state index contributed by atoms with van der Waals surface area (Å²) in [5.74, 6) is 1.43. The number of hydrogen-bond donors (Lipinski definition) is 1. The molecule has 138 valence electrons. The first-order valence-corrected chi connectivity index (χ1v) is 9.40. The van der Waals surface area contributed by atoms with E-state index in [2.05, 4.69) is 15.5 Å². The molecule has 0 radical (unpaired) electrons. The predicted octanol–water partition coefficient (Wildman–Crippen LogP) is 5.07. The van der Waals surface area contributed by atoms with Crippen molar-refractivity contribution in [3.63, 3.8) is 0 Å². The summed E-state index contributed by atoms with van der Waals surface area (Å²) in [6.45, 7) is 3.83. The van der Waals surface area contributed by atoms with Crippen molar-refractivity contribution in [3.8, 4) is 11.1 Å². The lowest BCUT2D eigenvalue weighted by Gasteiger charge is -2.11. The Morgan fingerprint density at radius 2 is 1.96 bits per heavy atom. The molecule has 5 nitrogen and oxygen atoms in total. The highest BCUT2D eigenvalue weighted by molar-refractivity contribution is 6.31. The zero-order valence-electron chi connectivity index (χ0n) is 15.2. The van der Waals surface area contributed by atoms with E-state index in [-0.39, 0.29) is 11.9 Å². The Bertz CT molecular complexity index is 977. The molecule has 1 heterocycles. The van der Waals surface area contributed by atoms with E-state index in [1.165, 1.54) is 0 Å². The maximum Gasteiger partial charge on any atom is 0.251 e. The van der Waals surface area contributed by atoms with Gasteiger partial charge in [0.1, 0.15) is 6.04 Å². The van der Waals surface area contributed by atoms with Crippen LogP contribution >= 0.6 is 11.6 Å².